The maximum absolute atomic E-state index is 11.9. The fraction of sp³-hybridized carbons (Fsp3) is 0.400. The third-order valence-electron chi connectivity index (χ3n) is 2.33. The lowest BCUT2D eigenvalue weighted by Gasteiger charge is -2.08. The summed E-state index contributed by atoms with van der Waals surface area (Å²) in [6.45, 7) is 2.15. The van der Waals surface area contributed by atoms with E-state index in [9.17, 15) is 18.5 Å². The molecule has 0 heterocycles. The summed E-state index contributed by atoms with van der Waals surface area (Å²) < 4.78 is 26.2. The van der Waals surface area contributed by atoms with Gasteiger partial charge < -0.3 is 5.73 Å². The highest BCUT2D eigenvalue weighted by Gasteiger charge is 2.18. The number of non-ortho nitro benzene ring substituents is 1. The second-order valence-electron chi connectivity index (χ2n) is 3.75. The van der Waals surface area contributed by atoms with Crippen LogP contribution in [0.4, 0.5) is 5.69 Å². The molecular formula is C10H16ClN3O4S. The first-order chi connectivity index (χ1) is 8.38. The van der Waals surface area contributed by atoms with Crippen LogP contribution in [0.3, 0.4) is 0 Å². The standard InChI is InChI=1S/C10H15N3O4S.ClH/c1-8-7-9(13(14)15)3-4-10(8)18(16,17)12-6-2-5-11;/h3-4,7,12H,2,5-6,11H2,1H3;1H. The number of nitrogens with two attached hydrogens (primary N) is 1. The summed E-state index contributed by atoms with van der Waals surface area (Å²) in [4.78, 5) is 10.0. The zero-order chi connectivity index (χ0) is 13.8. The van der Waals surface area contributed by atoms with Crippen molar-refractivity contribution < 1.29 is 13.3 Å². The Morgan fingerprint density at radius 3 is 2.53 bits per heavy atom. The molecule has 3 N–H and O–H groups in total. The Kier molecular flexibility index (Phi) is 6.91. The highest BCUT2D eigenvalue weighted by molar-refractivity contribution is 7.89. The molecule has 0 saturated heterocycles. The molecule has 0 aliphatic carbocycles. The van der Waals surface area contributed by atoms with Gasteiger partial charge in [-0.2, -0.15) is 0 Å². The van der Waals surface area contributed by atoms with Crippen LogP contribution in [0.1, 0.15) is 12.0 Å². The molecule has 7 nitrogen and oxygen atoms in total. The van der Waals surface area contributed by atoms with Crippen molar-refractivity contribution in [2.75, 3.05) is 13.1 Å². The van der Waals surface area contributed by atoms with Gasteiger partial charge in [0.25, 0.3) is 5.69 Å². The number of nitrogens with one attached hydrogen (secondary N) is 1. The Morgan fingerprint density at radius 1 is 1.42 bits per heavy atom. The van der Waals surface area contributed by atoms with Crippen LogP contribution in [0.5, 0.6) is 0 Å². The van der Waals surface area contributed by atoms with Gasteiger partial charge >= 0.3 is 0 Å². The van der Waals surface area contributed by atoms with E-state index in [-0.39, 0.29) is 29.5 Å². The number of nitro benzene ring substituents is 1. The minimum Gasteiger partial charge on any atom is -0.330 e. The van der Waals surface area contributed by atoms with Gasteiger partial charge in [0.2, 0.25) is 10.0 Å². The van der Waals surface area contributed by atoms with Crippen LogP contribution in [0, 0.1) is 17.0 Å². The summed E-state index contributed by atoms with van der Waals surface area (Å²) >= 11 is 0. The number of nitro groups is 1. The fourth-order valence-corrected chi connectivity index (χ4v) is 2.73. The lowest BCUT2D eigenvalue weighted by atomic mass is 10.2. The van der Waals surface area contributed by atoms with Crippen LogP contribution in [-0.2, 0) is 10.0 Å². The molecule has 9 heteroatoms. The van der Waals surface area contributed by atoms with E-state index < -0.39 is 14.9 Å². The highest BCUT2D eigenvalue weighted by Crippen LogP contribution is 2.20. The maximum Gasteiger partial charge on any atom is 0.269 e. The molecule has 19 heavy (non-hydrogen) atoms. The molecule has 0 aliphatic rings. The Morgan fingerprint density at radius 2 is 2.05 bits per heavy atom. The number of hydrogen-bond acceptors (Lipinski definition) is 5. The zero-order valence-corrected chi connectivity index (χ0v) is 12.0. The Bertz CT molecular complexity index is 548. The van der Waals surface area contributed by atoms with Crippen LogP contribution in [0.25, 0.3) is 0 Å². The van der Waals surface area contributed by atoms with Crippen molar-refractivity contribution in [3.8, 4) is 0 Å². The summed E-state index contributed by atoms with van der Waals surface area (Å²) in [5, 5.41) is 10.6. The van der Waals surface area contributed by atoms with E-state index in [1.54, 1.807) is 0 Å². The van der Waals surface area contributed by atoms with Crippen molar-refractivity contribution in [1.82, 2.24) is 4.72 Å². The van der Waals surface area contributed by atoms with Gasteiger partial charge in [0.15, 0.2) is 0 Å². The van der Waals surface area contributed by atoms with Crippen molar-refractivity contribution >= 4 is 28.1 Å². The van der Waals surface area contributed by atoms with E-state index in [4.69, 9.17) is 5.73 Å². The number of rotatable bonds is 6. The average molecular weight is 310 g/mol. The van der Waals surface area contributed by atoms with E-state index in [0.29, 0.717) is 18.5 Å². The van der Waals surface area contributed by atoms with Gasteiger partial charge in [-0.15, -0.1) is 12.4 Å². The van der Waals surface area contributed by atoms with E-state index in [1.165, 1.54) is 25.1 Å². The lowest BCUT2D eigenvalue weighted by molar-refractivity contribution is -0.385. The Labute approximate surface area is 117 Å². The van der Waals surface area contributed by atoms with Crippen LogP contribution < -0.4 is 10.5 Å². The molecule has 1 rings (SSSR count). The molecule has 0 unspecified atom stereocenters. The molecule has 0 radical (unpaired) electrons. The molecule has 1 aromatic carbocycles. The monoisotopic (exact) mass is 309 g/mol. The van der Waals surface area contributed by atoms with Gasteiger partial charge in [-0.25, -0.2) is 13.1 Å². The van der Waals surface area contributed by atoms with Gasteiger partial charge in [-0.3, -0.25) is 10.1 Å². The molecule has 108 valence electrons. The normalized spacial score (nSPS) is 10.8. The Hall–Kier alpha value is -1.22. The van der Waals surface area contributed by atoms with Crippen molar-refractivity contribution in [3.63, 3.8) is 0 Å². The number of aryl methyl sites for hydroxylation is 1. The second kappa shape index (κ2) is 7.39. The number of benzene rings is 1. The number of halogens is 1. The van der Waals surface area contributed by atoms with Crippen molar-refractivity contribution in [3.05, 3.63) is 33.9 Å². The van der Waals surface area contributed by atoms with Gasteiger partial charge in [0.05, 0.1) is 9.82 Å². The van der Waals surface area contributed by atoms with Crippen molar-refractivity contribution in [1.29, 1.82) is 0 Å². The van der Waals surface area contributed by atoms with Crippen LogP contribution in [-0.4, -0.2) is 26.4 Å². The molecule has 1 aromatic rings. The molecule has 0 atom stereocenters. The van der Waals surface area contributed by atoms with E-state index in [1.807, 2.05) is 0 Å². The third kappa shape index (κ3) is 4.75. The minimum atomic E-state index is -3.63. The molecule has 0 saturated carbocycles. The summed E-state index contributed by atoms with van der Waals surface area (Å²) in [6, 6.07) is 3.64. The van der Waals surface area contributed by atoms with Crippen LogP contribution in [0.15, 0.2) is 23.1 Å². The SMILES string of the molecule is Cc1cc([N+](=O)[O-])ccc1S(=O)(=O)NCCCN.Cl. The third-order valence-corrected chi connectivity index (χ3v) is 3.95. The smallest absolute Gasteiger partial charge is 0.269 e. The number of sulfonamides is 1. The van der Waals surface area contributed by atoms with Crippen LogP contribution in [0.2, 0.25) is 0 Å². The van der Waals surface area contributed by atoms with Gasteiger partial charge in [-0.1, -0.05) is 0 Å². The minimum absolute atomic E-state index is 0. The van der Waals surface area contributed by atoms with Gasteiger partial charge in [0.1, 0.15) is 0 Å². The predicted molar refractivity (Wildman–Crippen MR) is 73.9 cm³/mol. The molecule has 0 amide bonds. The van der Waals surface area contributed by atoms with Crippen molar-refractivity contribution in [2.24, 2.45) is 5.73 Å². The highest BCUT2D eigenvalue weighted by atomic mass is 35.5. The van der Waals surface area contributed by atoms with Gasteiger partial charge in [-0.05, 0) is 31.5 Å². The molecular weight excluding hydrogens is 294 g/mol. The maximum atomic E-state index is 11.9. The summed E-state index contributed by atoms with van der Waals surface area (Å²) in [7, 11) is -3.63. The molecule has 0 bridgehead atoms. The van der Waals surface area contributed by atoms with E-state index in [2.05, 4.69) is 4.72 Å². The lowest BCUT2D eigenvalue weighted by Crippen LogP contribution is -2.26. The first kappa shape index (κ1) is 17.8. The largest absolute Gasteiger partial charge is 0.330 e. The van der Waals surface area contributed by atoms with Crippen LogP contribution >= 0.6 is 12.4 Å². The average Bonchev–Trinajstić information content (AvgIpc) is 2.28. The molecule has 0 fully saturated rings. The first-order valence-electron chi connectivity index (χ1n) is 5.33. The summed E-state index contributed by atoms with van der Waals surface area (Å²) in [5.41, 5.74) is 5.48. The van der Waals surface area contributed by atoms with E-state index in [0.717, 1.165) is 0 Å². The summed E-state index contributed by atoms with van der Waals surface area (Å²) in [6.07, 6.45) is 0.533. The zero-order valence-electron chi connectivity index (χ0n) is 10.3. The molecule has 0 spiro atoms. The quantitative estimate of drug-likeness (QED) is 0.461. The van der Waals surface area contributed by atoms with Crippen molar-refractivity contribution in [2.45, 2.75) is 18.2 Å². The number of hydrogen-bond donors (Lipinski definition) is 2. The molecule has 0 aromatic heterocycles. The fourth-order valence-electron chi connectivity index (χ4n) is 1.44. The number of nitrogens with zero attached hydrogens (tertiary/aromatic N) is 1. The Balaban J connectivity index is 0.00000324. The molecule has 0 aliphatic heterocycles. The topological polar surface area (TPSA) is 115 Å². The predicted octanol–water partition coefficient (Wildman–Crippen LogP) is 0.952. The van der Waals surface area contributed by atoms with E-state index >= 15 is 0 Å². The first-order valence-corrected chi connectivity index (χ1v) is 6.81. The second-order valence-corrected chi connectivity index (χ2v) is 5.48. The summed E-state index contributed by atoms with van der Waals surface area (Å²) in [5.74, 6) is 0. The van der Waals surface area contributed by atoms with Gasteiger partial charge in [0, 0.05) is 18.7 Å².